The number of carboxylic acid groups (broad SMARTS) is 1. The Labute approximate surface area is 129 Å². The fourth-order valence-electron chi connectivity index (χ4n) is 2.77. The van der Waals surface area contributed by atoms with Gasteiger partial charge in [0.05, 0.1) is 0 Å². The van der Waals surface area contributed by atoms with Gasteiger partial charge in [-0.1, -0.05) is 25.2 Å². The molecule has 0 bridgehead atoms. The van der Waals surface area contributed by atoms with E-state index in [1.165, 1.54) is 18.3 Å². The van der Waals surface area contributed by atoms with Crippen LogP contribution in [0.4, 0.5) is 5.13 Å². The SMILES string of the molecule is CC(=O)c1sc(N(C)C2CCC(C)(C)CC2)nc1C(=O)O. The lowest BCUT2D eigenvalue weighted by Gasteiger charge is -2.38. The van der Waals surface area contributed by atoms with Crippen molar-refractivity contribution in [3.05, 3.63) is 10.6 Å². The largest absolute Gasteiger partial charge is 0.476 e. The highest BCUT2D eigenvalue weighted by molar-refractivity contribution is 7.17. The summed E-state index contributed by atoms with van der Waals surface area (Å²) in [6.45, 7) is 5.94. The maximum Gasteiger partial charge on any atom is 0.356 e. The van der Waals surface area contributed by atoms with Gasteiger partial charge in [0, 0.05) is 20.0 Å². The lowest BCUT2D eigenvalue weighted by Crippen LogP contribution is -2.37. The second-order valence-corrected chi connectivity index (χ2v) is 7.52. The van der Waals surface area contributed by atoms with Gasteiger partial charge in [0.25, 0.3) is 0 Å². The van der Waals surface area contributed by atoms with Gasteiger partial charge in [-0.05, 0) is 31.1 Å². The zero-order valence-electron chi connectivity index (χ0n) is 13.0. The molecule has 1 aliphatic rings. The van der Waals surface area contributed by atoms with Gasteiger partial charge in [0.1, 0.15) is 4.88 Å². The van der Waals surface area contributed by atoms with E-state index in [1.54, 1.807) is 0 Å². The van der Waals surface area contributed by atoms with Gasteiger partial charge in [-0.2, -0.15) is 0 Å². The molecule has 0 aromatic carbocycles. The summed E-state index contributed by atoms with van der Waals surface area (Å²) in [6, 6.07) is 0.366. The van der Waals surface area contributed by atoms with Crippen LogP contribution in [0.1, 0.15) is 66.6 Å². The first-order chi connectivity index (χ1) is 9.71. The Morgan fingerprint density at radius 1 is 1.33 bits per heavy atom. The van der Waals surface area contributed by atoms with Gasteiger partial charge < -0.3 is 10.0 Å². The molecule has 2 rings (SSSR count). The van der Waals surface area contributed by atoms with E-state index < -0.39 is 5.97 Å². The Kier molecular flexibility index (Phi) is 4.37. The predicted molar refractivity (Wildman–Crippen MR) is 83.5 cm³/mol. The van der Waals surface area contributed by atoms with E-state index in [4.69, 9.17) is 5.11 Å². The number of ketones is 1. The molecule has 116 valence electrons. The first kappa shape index (κ1) is 15.9. The fourth-order valence-corrected chi connectivity index (χ4v) is 3.76. The quantitative estimate of drug-likeness (QED) is 0.863. The topological polar surface area (TPSA) is 70.5 Å². The van der Waals surface area contributed by atoms with Gasteiger partial charge in [-0.15, -0.1) is 0 Å². The Bertz CT molecular complexity index is 524. The zero-order valence-corrected chi connectivity index (χ0v) is 13.8. The summed E-state index contributed by atoms with van der Waals surface area (Å²) in [5.41, 5.74) is 0.266. The van der Waals surface area contributed by atoms with Gasteiger partial charge in [0.15, 0.2) is 16.6 Å². The third-order valence-electron chi connectivity index (χ3n) is 4.30. The zero-order chi connectivity index (χ0) is 15.8. The maximum atomic E-state index is 11.6. The fraction of sp³-hybridized carbons (Fsp3) is 0.667. The Hall–Kier alpha value is -1.43. The summed E-state index contributed by atoms with van der Waals surface area (Å²) < 4.78 is 0. The molecule has 1 heterocycles. The molecule has 5 nitrogen and oxygen atoms in total. The standard InChI is InChI=1S/C15H22N2O3S/c1-9(18)12-11(13(19)20)16-14(21-12)17(4)10-5-7-15(2,3)8-6-10/h10H,5-8H2,1-4H3,(H,19,20). The second-order valence-electron chi connectivity index (χ2n) is 6.54. The van der Waals surface area contributed by atoms with Gasteiger partial charge in [-0.3, -0.25) is 4.79 Å². The highest BCUT2D eigenvalue weighted by atomic mass is 32.1. The summed E-state index contributed by atoms with van der Waals surface area (Å²) in [5, 5.41) is 9.79. The van der Waals surface area contributed by atoms with E-state index in [0.29, 0.717) is 16.6 Å². The monoisotopic (exact) mass is 310 g/mol. The highest BCUT2D eigenvalue weighted by Crippen LogP contribution is 2.38. The molecule has 1 aromatic rings. The third kappa shape index (κ3) is 3.43. The molecule has 1 fully saturated rings. The molecule has 1 N–H and O–H groups in total. The van der Waals surface area contributed by atoms with Crippen molar-refractivity contribution in [1.82, 2.24) is 4.98 Å². The van der Waals surface area contributed by atoms with E-state index in [0.717, 1.165) is 25.7 Å². The minimum absolute atomic E-state index is 0.120. The first-order valence-corrected chi connectivity index (χ1v) is 8.01. The predicted octanol–water partition coefficient (Wildman–Crippen LogP) is 3.45. The van der Waals surface area contributed by atoms with Crippen LogP contribution in [0.15, 0.2) is 0 Å². The number of anilines is 1. The van der Waals surface area contributed by atoms with Gasteiger partial charge in [-0.25, -0.2) is 9.78 Å². The number of aromatic carboxylic acids is 1. The number of aromatic nitrogens is 1. The molecular formula is C15H22N2O3S. The number of hydrogen-bond acceptors (Lipinski definition) is 5. The molecule has 21 heavy (non-hydrogen) atoms. The van der Waals surface area contributed by atoms with Crippen molar-refractivity contribution in [2.75, 3.05) is 11.9 Å². The smallest absolute Gasteiger partial charge is 0.356 e. The average Bonchev–Trinajstić information content (AvgIpc) is 2.83. The highest BCUT2D eigenvalue weighted by Gasteiger charge is 2.31. The number of thiazole rings is 1. The van der Waals surface area contributed by atoms with Crippen LogP contribution < -0.4 is 4.90 Å². The molecule has 1 aliphatic carbocycles. The van der Waals surface area contributed by atoms with Crippen LogP contribution >= 0.6 is 11.3 Å². The number of nitrogens with zero attached hydrogens (tertiary/aromatic N) is 2. The molecule has 0 atom stereocenters. The van der Waals surface area contributed by atoms with Crippen molar-refractivity contribution >= 4 is 28.2 Å². The summed E-state index contributed by atoms with van der Waals surface area (Å²) in [6.07, 6.45) is 4.44. The van der Waals surface area contributed by atoms with Crippen LogP contribution in [-0.2, 0) is 0 Å². The Balaban J connectivity index is 2.20. The number of carbonyl (C=O) groups is 2. The van der Waals surface area contributed by atoms with Crippen molar-refractivity contribution in [3.8, 4) is 0 Å². The normalized spacial score (nSPS) is 18.5. The molecule has 0 saturated heterocycles. The van der Waals surface area contributed by atoms with E-state index in [1.807, 2.05) is 11.9 Å². The van der Waals surface area contributed by atoms with Gasteiger partial charge >= 0.3 is 5.97 Å². The minimum Gasteiger partial charge on any atom is -0.476 e. The molecule has 0 spiro atoms. The summed E-state index contributed by atoms with van der Waals surface area (Å²) >= 11 is 1.18. The number of hydrogen-bond donors (Lipinski definition) is 1. The Morgan fingerprint density at radius 2 is 1.90 bits per heavy atom. The molecule has 0 unspecified atom stereocenters. The molecule has 1 aromatic heterocycles. The number of carboxylic acids is 1. The third-order valence-corrected chi connectivity index (χ3v) is 5.54. The van der Waals surface area contributed by atoms with E-state index >= 15 is 0 Å². The van der Waals surface area contributed by atoms with Crippen LogP contribution in [0.5, 0.6) is 0 Å². The summed E-state index contributed by atoms with van der Waals surface area (Å²) in [4.78, 5) is 29.2. The van der Waals surface area contributed by atoms with Gasteiger partial charge in [0.2, 0.25) is 0 Å². The summed E-state index contributed by atoms with van der Waals surface area (Å²) in [5.74, 6) is -1.38. The number of rotatable bonds is 4. The maximum absolute atomic E-state index is 11.6. The van der Waals surface area contributed by atoms with Crippen LogP contribution in [0, 0.1) is 5.41 Å². The van der Waals surface area contributed by atoms with Crippen molar-refractivity contribution < 1.29 is 14.7 Å². The van der Waals surface area contributed by atoms with E-state index in [2.05, 4.69) is 18.8 Å². The molecule has 0 amide bonds. The van der Waals surface area contributed by atoms with Crippen LogP contribution in [0.25, 0.3) is 0 Å². The molecule has 6 heteroatoms. The first-order valence-electron chi connectivity index (χ1n) is 7.19. The molecule has 0 radical (unpaired) electrons. The van der Waals surface area contributed by atoms with Crippen LogP contribution in [-0.4, -0.2) is 34.9 Å². The van der Waals surface area contributed by atoms with Crippen LogP contribution in [0.2, 0.25) is 0 Å². The van der Waals surface area contributed by atoms with Crippen LogP contribution in [0.3, 0.4) is 0 Å². The van der Waals surface area contributed by atoms with Crippen molar-refractivity contribution in [2.45, 2.75) is 52.5 Å². The van der Waals surface area contributed by atoms with Crippen molar-refractivity contribution in [2.24, 2.45) is 5.41 Å². The molecule has 1 saturated carbocycles. The van der Waals surface area contributed by atoms with Crippen molar-refractivity contribution in [1.29, 1.82) is 0 Å². The number of Topliss-reactive ketones (excluding diaryl/α,β-unsaturated/α-hetero) is 1. The lowest BCUT2D eigenvalue weighted by molar-refractivity contribution is 0.0687. The van der Waals surface area contributed by atoms with E-state index in [-0.39, 0.29) is 16.4 Å². The molecule has 0 aliphatic heterocycles. The number of carbonyl (C=O) groups excluding carboxylic acids is 1. The summed E-state index contributed by atoms with van der Waals surface area (Å²) in [7, 11) is 1.94. The van der Waals surface area contributed by atoms with Crippen molar-refractivity contribution in [3.63, 3.8) is 0 Å². The Morgan fingerprint density at radius 3 is 2.33 bits per heavy atom. The van der Waals surface area contributed by atoms with E-state index in [9.17, 15) is 9.59 Å². The molecular weight excluding hydrogens is 288 g/mol. The lowest BCUT2D eigenvalue weighted by atomic mass is 9.75. The second kappa shape index (κ2) is 5.75. The average molecular weight is 310 g/mol. The minimum atomic E-state index is -1.14.